The first-order valence-electron chi connectivity index (χ1n) is 8.69. The average Bonchev–Trinajstić information content (AvgIpc) is 3.02. The Labute approximate surface area is 153 Å². The van der Waals surface area contributed by atoms with E-state index < -0.39 is 23.6 Å². The molecule has 26 heavy (non-hydrogen) atoms. The monoisotopic (exact) mass is 366 g/mol. The van der Waals surface area contributed by atoms with Crippen molar-refractivity contribution >= 4 is 12.0 Å². The number of hydrogen-bond donors (Lipinski definition) is 0. The van der Waals surface area contributed by atoms with Crippen molar-refractivity contribution in [2.45, 2.75) is 51.8 Å². The topological polar surface area (TPSA) is 59.1 Å². The zero-order chi connectivity index (χ0) is 19.5. The predicted octanol–water partition coefficient (Wildman–Crippen LogP) is 3.19. The first kappa shape index (κ1) is 20.0. The highest BCUT2D eigenvalue weighted by atomic mass is 19.1. The van der Waals surface area contributed by atoms with Gasteiger partial charge in [0.2, 0.25) is 5.91 Å². The highest BCUT2D eigenvalue weighted by Crippen LogP contribution is 2.23. The molecule has 0 bridgehead atoms. The van der Waals surface area contributed by atoms with Crippen LogP contribution in [0.25, 0.3) is 0 Å². The van der Waals surface area contributed by atoms with E-state index in [0.29, 0.717) is 18.5 Å². The summed E-state index contributed by atoms with van der Waals surface area (Å²) in [5.41, 5.74) is 0.0424. The van der Waals surface area contributed by atoms with Crippen molar-refractivity contribution in [1.29, 1.82) is 0 Å². The van der Waals surface area contributed by atoms with Gasteiger partial charge in [0, 0.05) is 20.1 Å². The summed E-state index contributed by atoms with van der Waals surface area (Å²) < 4.78 is 24.1. The number of halogens is 1. The summed E-state index contributed by atoms with van der Waals surface area (Å²) in [6, 6.07) is 4.05. The van der Waals surface area contributed by atoms with E-state index in [1.165, 1.54) is 29.0 Å². The van der Waals surface area contributed by atoms with E-state index in [2.05, 4.69) is 0 Å². The van der Waals surface area contributed by atoms with Gasteiger partial charge in [-0.25, -0.2) is 9.18 Å². The third-order valence-corrected chi connectivity index (χ3v) is 4.18. The Bertz CT molecular complexity index is 672. The van der Waals surface area contributed by atoms with E-state index in [-0.39, 0.29) is 18.2 Å². The van der Waals surface area contributed by atoms with E-state index >= 15 is 0 Å². The molecular formula is C19H27FN2O4. The van der Waals surface area contributed by atoms with Crippen molar-refractivity contribution in [3.63, 3.8) is 0 Å². The Balaban J connectivity index is 2.04. The Morgan fingerprint density at radius 3 is 2.62 bits per heavy atom. The van der Waals surface area contributed by atoms with Crippen LogP contribution >= 0.6 is 0 Å². The molecule has 6 nitrogen and oxygen atoms in total. The molecule has 2 rings (SSSR count). The number of benzene rings is 1. The molecular weight excluding hydrogens is 339 g/mol. The maximum absolute atomic E-state index is 13.8. The van der Waals surface area contributed by atoms with E-state index in [1.54, 1.807) is 33.9 Å². The highest BCUT2D eigenvalue weighted by molar-refractivity contribution is 5.86. The number of amides is 2. The number of rotatable bonds is 4. The van der Waals surface area contributed by atoms with Crippen LogP contribution < -0.4 is 4.74 Å². The van der Waals surface area contributed by atoms with Gasteiger partial charge in [0.05, 0.1) is 7.11 Å². The Morgan fingerprint density at radius 2 is 2.04 bits per heavy atom. The number of nitrogens with zero attached hydrogens (tertiary/aromatic N) is 2. The quantitative estimate of drug-likeness (QED) is 0.821. The molecule has 1 heterocycles. The second-order valence-corrected chi connectivity index (χ2v) is 7.49. The second kappa shape index (κ2) is 7.93. The van der Waals surface area contributed by atoms with Crippen molar-refractivity contribution < 1.29 is 23.5 Å². The zero-order valence-corrected chi connectivity index (χ0v) is 16.0. The third-order valence-electron chi connectivity index (χ3n) is 4.18. The number of likely N-dealkylation sites (tertiary alicyclic amines) is 1. The van der Waals surface area contributed by atoms with Gasteiger partial charge in [-0.05, 0) is 51.3 Å². The molecule has 144 valence electrons. The molecule has 1 atom stereocenters. The maximum Gasteiger partial charge on any atom is 0.410 e. The van der Waals surface area contributed by atoms with Crippen LogP contribution in [0.2, 0.25) is 0 Å². The number of methoxy groups -OCH3 is 1. The Morgan fingerprint density at radius 1 is 1.35 bits per heavy atom. The molecule has 1 unspecified atom stereocenters. The van der Waals surface area contributed by atoms with Gasteiger partial charge in [0.25, 0.3) is 0 Å². The van der Waals surface area contributed by atoms with E-state index in [9.17, 15) is 14.0 Å². The smallest absolute Gasteiger partial charge is 0.410 e. The first-order chi connectivity index (χ1) is 12.1. The second-order valence-electron chi connectivity index (χ2n) is 7.49. The molecule has 7 heteroatoms. The molecule has 2 amide bonds. The van der Waals surface area contributed by atoms with Crippen LogP contribution in [0, 0.1) is 5.82 Å². The molecule has 1 aromatic rings. The lowest BCUT2D eigenvalue weighted by Gasteiger charge is -2.30. The Hall–Kier alpha value is -2.31. The number of carbonyl (C=O) groups is 2. The van der Waals surface area contributed by atoms with Gasteiger partial charge in [-0.1, -0.05) is 6.07 Å². The standard InChI is InChI=1S/C19H27FN2O4/c1-19(2,3)26-18(24)22-10-6-7-15(22)17(23)21(4)12-13-8-9-16(25-5)14(20)11-13/h8-9,11,15H,6-7,10,12H2,1-5H3. The number of likely N-dealkylation sites (N-methyl/N-ethyl adjacent to an activating group) is 1. The Kier molecular flexibility index (Phi) is 6.10. The van der Waals surface area contributed by atoms with Crippen LogP contribution in [0.3, 0.4) is 0 Å². The molecule has 0 saturated carbocycles. The van der Waals surface area contributed by atoms with Gasteiger partial charge < -0.3 is 14.4 Å². The summed E-state index contributed by atoms with van der Waals surface area (Å²) >= 11 is 0. The molecule has 0 aromatic heterocycles. The van der Waals surface area contributed by atoms with E-state index in [1.807, 2.05) is 0 Å². The fraction of sp³-hybridized carbons (Fsp3) is 0.579. The van der Waals surface area contributed by atoms with Gasteiger partial charge in [-0.2, -0.15) is 0 Å². The molecule has 1 saturated heterocycles. The molecule has 1 aromatic carbocycles. The third kappa shape index (κ3) is 4.86. The van der Waals surface area contributed by atoms with Crippen molar-refractivity contribution in [2.24, 2.45) is 0 Å². The fourth-order valence-corrected chi connectivity index (χ4v) is 2.98. The van der Waals surface area contributed by atoms with Crippen molar-refractivity contribution in [2.75, 3.05) is 20.7 Å². The van der Waals surface area contributed by atoms with Crippen molar-refractivity contribution in [3.8, 4) is 5.75 Å². The number of ether oxygens (including phenoxy) is 2. The highest BCUT2D eigenvalue weighted by Gasteiger charge is 2.37. The molecule has 0 radical (unpaired) electrons. The van der Waals surface area contributed by atoms with Gasteiger partial charge in [0.15, 0.2) is 11.6 Å². The molecule has 0 N–H and O–H groups in total. The van der Waals surface area contributed by atoms with Crippen LogP contribution in [0.15, 0.2) is 18.2 Å². The van der Waals surface area contributed by atoms with Crippen LogP contribution in [0.4, 0.5) is 9.18 Å². The minimum Gasteiger partial charge on any atom is -0.494 e. The minimum atomic E-state index is -0.611. The minimum absolute atomic E-state index is 0.162. The SMILES string of the molecule is COc1ccc(CN(C)C(=O)C2CCCN2C(=O)OC(C)(C)C)cc1F. The summed E-state index contributed by atoms with van der Waals surface area (Å²) in [7, 11) is 3.05. The van der Waals surface area contributed by atoms with Crippen molar-refractivity contribution in [1.82, 2.24) is 9.80 Å². The largest absolute Gasteiger partial charge is 0.494 e. The molecule has 0 spiro atoms. The lowest BCUT2D eigenvalue weighted by atomic mass is 10.1. The zero-order valence-electron chi connectivity index (χ0n) is 16.0. The summed E-state index contributed by atoms with van der Waals surface area (Å²) in [4.78, 5) is 28.1. The van der Waals surface area contributed by atoms with Crippen LogP contribution in [-0.4, -0.2) is 54.1 Å². The molecule has 1 aliphatic heterocycles. The molecule has 1 aliphatic rings. The molecule has 1 fully saturated rings. The maximum atomic E-state index is 13.8. The van der Waals surface area contributed by atoms with Crippen LogP contribution in [0.1, 0.15) is 39.2 Å². The molecule has 0 aliphatic carbocycles. The van der Waals surface area contributed by atoms with Gasteiger partial charge in [-0.15, -0.1) is 0 Å². The van der Waals surface area contributed by atoms with Crippen LogP contribution in [-0.2, 0) is 16.1 Å². The number of carbonyl (C=O) groups excluding carboxylic acids is 2. The van der Waals surface area contributed by atoms with Gasteiger partial charge in [0.1, 0.15) is 11.6 Å². The fourth-order valence-electron chi connectivity index (χ4n) is 2.98. The summed E-state index contributed by atoms with van der Waals surface area (Å²) in [6.07, 6.45) is 0.872. The lowest BCUT2D eigenvalue weighted by Crippen LogP contribution is -2.47. The van der Waals surface area contributed by atoms with Gasteiger partial charge in [-0.3, -0.25) is 9.69 Å². The number of hydrogen-bond acceptors (Lipinski definition) is 4. The summed E-state index contributed by atoms with van der Waals surface area (Å²) in [6.45, 7) is 6.13. The first-order valence-corrected chi connectivity index (χ1v) is 8.69. The van der Waals surface area contributed by atoms with Crippen molar-refractivity contribution in [3.05, 3.63) is 29.6 Å². The average molecular weight is 366 g/mol. The van der Waals surface area contributed by atoms with E-state index in [0.717, 1.165) is 6.42 Å². The van der Waals surface area contributed by atoms with E-state index in [4.69, 9.17) is 9.47 Å². The summed E-state index contributed by atoms with van der Waals surface area (Å²) in [5.74, 6) is -0.485. The summed E-state index contributed by atoms with van der Waals surface area (Å²) in [5, 5.41) is 0. The lowest BCUT2D eigenvalue weighted by molar-refractivity contribution is -0.135. The normalized spacial score (nSPS) is 17.2. The van der Waals surface area contributed by atoms with Crippen LogP contribution in [0.5, 0.6) is 5.75 Å². The van der Waals surface area contributed by atoms with Gasteiger partial charge >= 0.3 is 6.09 Å². The predicted molar refractivity (Wildman–Crippen MR) is 95.4 cm³/mol.